The van der Waals surface area contributed by atoms with Gasteiger partial charge < -0.3 is 29.9 Å². The summed E-state index contributed by atoms with van der Waals surface area (Å²) in [5.74, 6) is 0.112. The molecule has 0 fully saturated rings. The number of rotatable bonds is 16. The smallest absolute Gasteiger partial charge is 0.472 e. The molecular formula is C28H32NO10P. The molecule has 0 radical (unpaired) electrons. The van der Waals surface area contributed by atoms with E-state index in [-0.39, 0.29) is 6.42 Å². The van der Waals surface area contributed by atoms with Crippen LogP contribution in [0.5, 0.6) is 17.2 Å². The van der Waals surface area contributed by atoms with Gasteiger partial charge in [-0.05, 0) is 54.8 Å². The monoisotopic (exact) mass is 573 g/mol. The number of hydrogen-bond donors (Lipinski definition) is 3. The quantitative estimate of drug-likeness (QED) is 0.164. The highest BCUT2D eigenvalue weighted by Gasteiger charge is 2.26. The van der Waals surface area contributed by atoms with Crippen LogP contribution in [0.1, 0.15) is 24.5 Å². The molecule has 12 heteroatoms. The standard InChI is InChI=1S/C28H32NO10P/c1-20(17-36-40(33,34)37-19-25(29)28(31)32)38-27(30)15-14-22-9-5-6-13-26(22)35-18-21-8-7-12-24(16-21)39-23-10-3-2-4-11-23/h2-13,16,20,25H,14-15,17-19,29H2,1H3,(H,31,32)(H,33,34)/t20-,25+/m1/s1. The van der Waals surface area contributed by atoms with Crippen molar-refractivity contribution >= 4 is 19.8 Å². The lowest BCUT2D eigenvalue weighted by Crippen LogP contribution is -2.34. The lowest BCUT2D eigenvalue weighted by Gasteiger charge is -2.17. The largest absolute Gasteiger partial charge is 0.489 e. The van der Waals surface area contributed by atoms with E-state index in [1.165, 1.54) is 6.92 Å². The van der Waals surface area contributed by atoms with Crippen LogP contribution in [-0.4, -0.2) is 47.3 Å². The van der Waals surface area contributed by atoms with Crippen molar-refractivity contribution in [2.24, 2.45) is 5.73 Å². The van der Waals surface area contributed by atoms with E-state index in [1.807, 2.05) is 78.9 Å². The second kappa shape index (κ2) is 15.2. The highest BCUT2D eigenvalue weighted by molar-refractivity contribution is 7.47. The van der Waals surface area contributed by atoms with E-state index in [4.69, 9.17) is 29.6 Å². The van der Waals surface area contributed by atoms with Crippen LogP contribution < -0.4 is 15.2 Å². The van der Waals surface area contributed by atoms with Gasteiger partial charge in [-0.2, -0.15) is 0 Å². The van der Waals surface area contributed by atoms with E-state index in [1.54, 1.807) is 0 Å². The van der Waals surface area contributed by atoms with Gasteiger partial charge in [0.1, 0.15) is 36.0 Å². The molecule has 3 atom stereocenters. The topological polar surface area (TPSA) is 164 Å². The minimum Gasteiger partial charge on any atom is -0.489 e. The summed E-state index contributed by atoms with van der Waals surface area (Å²) in [6.07, 6.45) is -0.484. The second-order valence-electron chi connectivity index (χ2n) is 8.76. The normalized spacial score (nSPS) is 14.0. The van der Waals surface area contributed by atoms with Crippen LogP contribution in [0.3, 0.4) is 0 Å². The number of hydrogen-bond acceptors (Lipinski definition) is 9. The number of esters is 1. The highest BCUT2D eigenvalue weighted by atomic mass is 31.2. The summed E-state index contributed by atoms with van der Waals surface area (Å²) in [5, 5.41) is 8.70. The van der Waals surface area contributed by atoms with Crippen LogP contribution in [-0.2, 0) is 41.0 Å². The van der Waals surface area contributed by atoms with E-state index in [9.17, 15) is 19.0 Å². The first-order chi connectivity index (χ1) is 19.1. The zero-order chi connectivity index (χ0) is 29.0. The minimum atomic E-state index is -4.57. The third-order valence-electron chi connectivity index (χ3n) is 5.38. The summed E-state index contributed by atoms with van der Waals surface area (Å²) >= 11 is 0. The fourth-order valence-corrected chi connectivity index (χ4v) is 4.19. The molecule has 0 saturated heterocycles. The number of nitrogens with two attached hydrogens (primary N) is 1. The van der Waals surface area contributed by atoms with Crippen molar-refractivity contribution in [3.63, 3.8) is 0 Å². The number of ether oxygens (including phenoxy) is 3. The Morgan fingerprint density at radius 3 is 2.35 bits per heavy atom. The number of phosphoric acid groups is 1. The first kappa shape index (κ1) is 30.8. The number of phosphoric ester groups is 1. The third-order valence-corrected chi connectivity index (χ3v) is 6.33. The lowest BCUT2D eigenvalue weighted by molar-refractivity contribution is -0.150. The molecule has 0 amide bonds. The molecule has 0 bridgehead atoms. The van der Waals surface area contributed by atoms with Crippen molar-refractivity contribution in [2.75, 3.05) is 13.2 Å². The third kappa shape index (κ3) is 10.8. The molecule has 3 aromatic carbocycles. The van der Waals surface area contributed by atoms with Gasteiger partial charge in [-0.1, -0.05) is 48.5 Å². The Balaban J connectivity index is 1.45. The molecule has 214 valence electrons. The van der Waals surface area contributed by atoms with Crippen LogP contribution in [0.25, 0.3) is 0 Å². The van der Waals surface area contributed by atoms with Gasteiger partial charge in [0.05, 0.1) is 13.2 Å². The SMILES string of the molecule is C[C@H](COP(=O)(O)OC[C@H](N)C(=O)O)OC(=O)CCc1ccccc1OCc1cccc(Oc2ccccc2)c1. The minimum absolute atomic E-state index is 0.0336. The van der Waals surface area contributed by atoms with Crippen LogP contribution >= 0.6 is 7.82 Å². The number of aryl methyl sites for hydroxylation is 1. The maximum Gasteiger partial charge on any atom is 0.472 e. The van der Waals surface area contributed by atoms with Crippen LogP contribution in [0.2, 0.25) is 0 Å². The average Bonchev–Trinajstić information content (AvgIpc) is 2.94. The fourth-order valence-electron chi connectivity index (χ4n) is 3.37. The number of benzene rings is 3. The first-order valence-electron chi connectivity index (χ1n) is 12.4. The van der Waals surface area contributed by atoms with E-state index in [2.05, 4.69) is 4.52 Å². The number of carbonyl (C=O) groups excluding carboxylic acids is 1. The molecule has 0 aliphatic heterocycles. The average molecular weight is 574 g/mol. The highest BCUT2D eigenvalue weighted by Crippen LogP contribution is 2.43. The molecule has 0 spiro atoms. The summed E-state index contributed by atoms with van der Waals surface area (Å²) in [6.45, 7) is 0.621. The van der Waals surface area contributed by atoms with Crippen LogP contribution in [0.15, 0.2) is 78.9 Å². The number of carboxylic acids is 1. The van der Waals surface area contributed by atoms with Gasteiger partial charge in [-0.25, -0.2) is 4.57 Å². The van der Waals surface area contributed by atoms with E-state index in [0.717, 1.165) is 16.9 Å². The Labute approximate surface area is 232 Å². The van der Waals surface area contributed by atoms with Crippen molar-refractivity contribution in [2.45, 2.75) is 38.5 Å². The predicted molar refractivity (Wildman–Crippen MR) is 145 cm³/mol. The number of para-hydroxylation sites is 2. The van der Waals surface area contributed by atoms with Gasteiger partial charge in [0.25, 0.3) is 0 Å². The maximum atomic E-state index is 12.3. The van der Waals surface area contributed by atoms with Crippen molar-refractivity contribution in [1.29, 1.82) is 0 Å². The lowest BCUT2D eigenvalue weighted by atomic mass is 10.1. The van der Waals surface area contributed by atoms with Gasteiger partial charge in [0, 0.05) is 6.42 Å². The molecule has 3 rings (SSSR count). The van der Waals surface area contributed by atoms with E-state index in [0.29, 0.717) is 24.5 Å². The molecule has 0 aliphatic carbocycles. The van der Waals surface area contributed by atoms with Crippen molar-refractivity contribution in [3.8, 4) is 17.2 Å². The Bertz CT molecular complexity index is 1300. The molecule has 40 heavy (non-hydrogen) atoms. The summed E-state index contributed by atoms with van der Waals surface area (Å²) < 4.78 is 38.3. The Hall–Kier alpha value is -3.73. The maximum absolute atomic E-state index is 12.3. The van der Waals surface area contributed by atoms with Gasteiger partial charge >= 0.3 is 19.8 Å². The zero-order valence-corrected chi connectivity index (χ0v) is 22.8. The molecule has 11 nitrogen and oxygen atoms in total. The Morgan fingerprint density at radius 2 is 1.60 bits per heavy atom. The van der Waals surface area contributed by atoms with Gasteiger partial charge in [0.2, 0.25) is 0 Å². The van der Waals surface area contributed by atoms with E-state index >= 15 is 0 Å². The summed E-state index contributed by atoms with van der Waals surface area (Å²) in [5.41, 5.74) is 6.94. The second-order valence-corrected chi connectivity index (χ2v) is 10.2. The summed E-state index contributed by atoms with van der Waals surface area (Å²) in [7, 11) is -4.57. The molecule has 3 aromatic rings. The molecule has 4 N–H and O–H groups in total. The molecule has 0 aliphatic rings. The Kier molecular flexibility index (Phi) is 11.7. The number of carbonyl (C=O) groups is 2. The molecule has 1 unspecified atom stereocenters. The van der Waals surface area contributed by atoms with Crippen molar-refractivity contribution in [3.05, 3.63) is 90.0 Å². The fraction of sp³-hybridized carbons (Fsp3) is 0.286. The van der Waals surface area contributed by atoms with Crippen molar-refractivity contribution in [1.82, 2.24) is 0 Å². The zero-order valence-electron chi connectivity index (χ0n) is 21.9. The summed E-state index contributed by atoms with van der Waals surface area (Å²) in [4.78, 5) is 32.6. The van der Waals surface area contributed by atoms with Gasteiger partial charge in [-0.3, -0.25) is 18.6 Å². The predicted octanol–water partition coefficient (Wildman–Crippen LogP) is 4.47. The van der Waals surface area contributed by atoms with Gasteiger partial charge in [0.15, 0.2) is 0 Å². The summed E-state index contributed by atoms with van der Waals surface area (Å²) in [6, 6.07) is 22.9. The van der Waals surface area contributed by atoms with Crippen LogP contribution in [0.4, 0.5) is 0 Å². The molecule has 0 saturated carbocycles. The van der Waals surface area contributed by atoms with E-state index < -0.39 is 45.1 Å². The molecule has 0 heterocycles. The van der Waals surface area contributed by atoms with Crippen molar-refractivity contribution < 1.29 is 47.4 Å². The Morgan fingerprint density at radius 1 is 0.925 bits per heavy atom. The van der Waals surface area contributed by atoms with Crippen LogP contribution in [0, 0.1) is 0 Å². The van der Waals surface area contributed by atoms with Gasteiger partial charge in [-0.15, -0.1) is 0 Å². The molecular weight excluding hydrogens is 541 g/mol. The number of aliphatic carboxylic acids is 1. The number of carboxylic acid groups (broad SMARTS) is 1. The first-order valence-corrected chi connectivity index (χ1v) is 13.9. The molecule has 0 aromatic heterocycles.